The van der Waals surface area contributed by atoms with E-state index < -0.39 is 5.41 Å². The van der Waals surface area contributed by atoms with Crippen LogP contribution in [0.25, 0.3) is 0 Å². The molecule has 2 amide bonds. The predicted molar refractivity (Wildman–Crippen MR) is 119 cm³/mol. The molecule has 4 nitrogen and oxygen atoms in total. The maximum Gasteiger partial charge on any atom is 0.261 e. The summed E-state index contributed by atoms with van der Waals surface area (Å²) in [5.74, 6) is -0.434. The largest absolute Gasteiger partial charge is 0.271 e. The van der Waals surface area contributed by atoms with E-state index >= 15 is 0 Å². The smallest absolute Gasteiger partial charge is 0.261 e. The summed E-state index contributed by atoms with van der Waals surface area (Å²) >= 11 is 0. The fourth-order valence-electron chi connectivity index (χ4n) is 3.47. The van der Waals surface area contributed by atoms with Gasteiger partial charge in [-0.1, -0.05) is 65.8 Å². The number of carbonyl (C=O) groups is 2. The second-order valence-electron chi connectivity index (χ2n) is 10.5. The first-order valence-electron chi connectivity index (χ1n) is 10.1. The minimum absolute atomic E-state index is 0.0190. The summed E-state index contributed by atoms with van der Waals surface area (Å²) in [6, 6.07) is 15.8. The van der Waals surface area contributed by atoms with Crippen LogP contribution in [0.15, 0.2) is 48.5 Å². The first kappa shape index (κ1) is 21.1. The SMILES string of the molecule is CC1(C)C(=O)N(c2ccc(C(C)(C)C)cc2)N(c2ccc(C(C)(C)C)cc2)C1=O. The highest BCUT2D eigenvalue weighted by Gasteiger charge is 2.53. The number of hydrogen-bond donors (Lipinski definition) is 0. The van der Waals surface area contributed by atoms with Gasteiger partial charge in [0.05, 0.1) is 11.4 Å². The molecule has 154 valence electrons. The molecule has 1 heterocycles. The molecule has 1 saturated heterocycles. The van der Waals surface area contributed by atoms with Gasteiger partial charge in [0.2, 0.25) is 0 Å². The lowest BCUT2D eigenvalue weighted by Crippen LogP contribution is -2.41. The first-order chi connectivity index (χ1) is 13.2. The van der Waals surface area contributed by atoms with E-state index in [0.717, 1.165) is 0 Å². The first-order valence-corrected chi connectivity index (χ1v) is 10.1. The van der Waals surface area contributed by atoms with Gasteiger partial charge in [0.15, 0.2) is 0 Å². The second-order valence-corrected chi connectivity index (χ2v) is 10.5. The van der Waals surface area contributed by atoms with E-state index in [2.05, 4.69) is 41.5 Å². The number of benzene rings is 2. The van der Waals surface area contributed by atoms with Crippen molar-refractivity contribution in [2.24, 2.45) is 5.41 Å². The van der Waals surface area contributed by atoms with Gasteiger partial charge >= 0.3 is 0 Å². The molecule has 2 aromatic carbocycles. The van der Waals surface area contributed by atoms with Crippen molar-refractivity contribution in [2.45, 2.75) is 66.2 Å². The second kappa shape index (κ2) is 6.72. The number of hydrogen-bond acceptors (Lipinski definition) is 2. The molecule has 0 aliphatic carbocycles. The van der Waals surface area contributed by atoms with E-state index in [1.165, 1.54) is 21.1 Å². The molecule has 1 aliphatic rings. The summed E-state index contributed by atoms with van der Waals surface area (Å²) in [6.45, 7) is 16.3. The fraction of sp³-hybridized carbons (Fsp3) is 0.440. The Morgan fingerprint density at radius 1 is 0.586 bits per heavy atom. The lowest BCUT2D eigenvalue weighted by Gasteiger charge is -2.29. The molecule has 0 saturated carbocycles. The van der Waals surface area contributed by atoms with E-state index in [0.29, 0.717) is 11.4 Å². The Kier molecular flexibility index (Phi) is 4.89. The molecule has 0 N–H and O–H groups in total. The number of nitrogens with zero attached hydrogens (tertiary/aromatic N) is 2. The Balaban J connectivity index is 2.06. The van der Waals surface area contributed by atoms with Crippen LogP contribution in [0.5, 0.6) is 0 Å². The summed E-state index contributed by atoms with van der Waals surface area (Å²) < 4.78 is 0. The Morgan fingerprint density at radius 2 is 0.862 bits per heavy atom. The van der Waals surface area contributed by atoms with Crippen LogP contribution in [-0.4, -0.2) is 11.8 Å². The molecular weight excluding hydrogens is 360 g/mol. The highest BCUT2D eigenvalue weighted by atomic mass is 16.2. The Hall–Kier alpha value is -2.62. The van der Waals surface area contributed by atoms with Crippen molar-refractivity contribution in [3.63, 3.8) is 0 Å². The summed E-state index contributed by atoms with van der Waals surface area (Å²) in [5.41, 5.74) is 2.68. The van der Waals surface area contributed by atoms with E-state index in [4.69, 9.17) is 0 Å². The standard InChI is InChI=1S/C25H32N2O2/c1-23(2,3)17-9-13-19(14-10-17)26-21(28)25(7,8)22(29)27(26)20-15-11-18(12-16-20)24(4,5)6/h9-16H,1-8H3. The molecule has 0 spiro atoms. The van der Waals surface area contributed by atoms with Gasteiger partial charge in [-0.2, -0.15) is 0 Å². The minimum atomic E-state index is -1.11. The molecule has 0 bridgehead atoms. The van der Waals surface area contributed by atoms with Gasteiger partial charge < -0.3 is 0 Å². The van der Waals surface area contributed by atoms with Crippen LogP contribution in [0.3, 0.4) is 0 Å². The summed E-state index contributed by atoms with van der Waals surface area (Å²) in [4.78, 5) is 26.4. The van der Waals surface area contributed by atoms with E-state index in [9.17, 15) is 9.59 Å². The zero-order valence-electron chi connectivity index (χ0n) is 18.8. The highest BCUT2D eigenvalue weighted by molar-refractivity contribution is 6.25. The maximum absolute atomic E-state index is 13.2. The highest BCUT2D eigenvalue weighted by Crippen LogP contribution is 2.39. The van der Waals surface area contributed by atoms with E-state index in [-0.39, 0.29) is 22.6 Å². The van der Waals surface area contributed by atoms with Crippen LogP contribution in [0.4, 0.5) is 11.4 Å². The fourth-order valence-corrected chi connectivity index (χ4v) is 3.47. The van der Waals surface area contributed by atoms with Gasteiger partial charge in [-0.15, -0.1) is 0 Å². The quantitative estimate of drug-likeness (QED) is 0.624. The van der Waals surface area contributed by atoms with Gasteiger partial charge in [-0.25, -0.2) is 10.0 Å². The van der Waals surface area contributed by atoms with Crippen molar-refractivity contribution in [3.8, 4) is 0 Å². The third-order valence-electron chi connectivity index (χ3n) is 5.61. The third kappa shape index (κ3) is 3.68. The average Bonchev–Trinajstić information content (AvgIpc) is 2.80. The molecule has 1 aliphatic heterocycles. The van der Waals surface area contributed by atoms with Gasteiger partial charge in [0.25, 0.3) is 11.8 Å². The van der Waals surface area contributed by atoms with Gasteiger partial charge in [0, 0.05) is 0 Å². The van der Waals surface area contributed by atoms with Gasteiger partial charge in [0.1, 0.15) is 5.41 Å². The molecule has 3 rings (SSSR count). The predicted octanol–water partition coefficient (Wildman–Crippen LogP) is 5.60. The van der Waals surface area contributed by atoms with Crippen molar-refractivity contribution < 1.29 is 9.59 Å². The van der Waals surface area contributed by atoms with Crippen LogP contribution in [-0.2, 0) is 20.4 Å². The Morgan fingerprint density at radius 3 is 1.10 bits per heavy atom. The molecule has 1 fully saturated rings. The normalized spacial score (nSPS) is 17.2. The maximum atomic E-state index is 13.2. The lowest BCUT2D eigenvalue weighted by molar-refractivity contribution is -0.132. The molecule has 2 aromatic rings. The lowest BCUT2D eigenvalue weighted by atomic mass is 9.87. The van der Waals surface area contributed by atoms with Crippen LogP contribution < -0.4 is 10.0 Å². The molecule has 29 heavy (non-hydrogen) atoms. The minimum Gasteiger partial charge on any atom is -0.271 e. The van der Waals surface area contributed by atoms with Gasteiger partial charge in [-0.05, 0) is 60.1 Å². The Labute approximate surface area is 174 Å². The molecule has 0 atom stereocenters. The van der Waals surface area contributed by atoms with Crippen molar-refractivity contribution in [3.05, 3.63) is 59.7 Å². The number of carbonyl (C=O) groups excluding carboxylic acids is 2. The summed E-state index contributed by atoms with van der Waals surface area (Å²) in [7, 11) is 0. The number of hydrazine groups is 1. The Bertz CT molecular complexity index is 849. The van der Waals surface area contributed by atoms with Crippen LogP contribution in [0.2, 0.25) is 0 Å². The summed E-state index contributed by atoms with van der Waals surface area (Å²) in [6.07, 6.45) is 0. The number of amides is 2. The topological polar surface area (TPSA) is 40.6 Å². The number of rotatable bonds is 2. The van der Waals surface area contributed by atoms with E-state index in [1.807, 2.05) is 48.5 Å². The number of anilines is 2. The molecule has 0 unspecified atom stereocenters. The zero-order chi connectivity index (χ0) is 21.8. The third-order valence-corrected chi connectivity index (χ3v) is 5.61. The summed E-state index contributed by atoms with van der Waals surface area (Å²) in [5, 5.41) is 3.03. The molecule has 0 aromatic heterocycles. The molecule has 4 heteroatoms. The molecular formula is C25H32N2O2. The van der Waals surface area contributed by atoms with Crippen LogP contribution in [0.1, 0.15) is 66.5 Å². The van der Waals surface area contributed by atoms with Crippen molar-refractivity contribution in [2.75, 3.05) is 10.0 Å². The van der Waals surface area contributed by atoms with Gasteiger partial charge in [-0.3, -0.25) is 9.59 Å². The van der Waals surface area contributed by atoms with Crippen molar-refractivity contribution in [1.82, 2.24) is 0 Å². The average molecular weight is 393 g/mol. The monoisotopic (exact) mass is 392 g/mol. The van der Waals surface area contributed by atoms with E-state index in [1.54, 1.807) is 13.8 Å². The van der Waals surface area contributed by atoms with Crippen molar-refractivity contribution in [1.29, 1.82) is 0 Å². The zero-order valence-corrected chi connectivity index (χ0v) is 18.8. The van der Waals surface area contributed by atoms with Crippen molar-refractivity contribution >= 4 is 23.2 Å². The van der Waals surface area contributed by atoms with Crippen LogP contribution in [0, 0.1) is 5.41 Å². The van der Waals surface area contributed by atoms with Crippen LogP contribution >= 0.6 is 0 Å². The molecule has 0 radical (unpaired) electrons.